The molecule has 30 heavy (non-hydrogen) atoms. The van der Waals surface area contributed by atoms with E-state index in [1.165, 1.54) is 11.3 Å². The fourth-order valence-corrected chi connectivity index (χ4v) is 4.55. The van der Waals surface area contributed by atoms with E-state index in [0.717, 1.165) is 29.8 Å². The second kappa shape index (κ2) is 8.66. The van der Waals surface area contributed by atoms with Crippen molar-refractivity contribution >= 4 is 11.6 Å². The Kier molecular flexibility index (Phi) is 5.97. The van der Waals surface area contributed by atoms with Gasteiger partial charge < -0.3 is 24.8 Å². The second-order valence-electron chi connectivity index (χ2n) is 8.21. The normalized spacial score (nSPS) is 18.6. The number of ether oxygens (including phenoxy) is 2. The lowest BCUT2D eigenvalue weighted by atomic mass is 9.73. The molecule has 1 amide bonds. The first-order valence-corrected chi connectivity index (χ1v) is 10.6. The molecule has 4 rings (SSSR count). The third-order valence-corrected chi connectivity index (χ3v) is 6.50. The highest BCUT2D eigenvalue weighted by molar-refractivity contribution is 5.88. The first kappa shape index (κ1) is 20.7. The van der Waals surface area contributed by atoms with Crippen LogP contribution in [0.5, 0.6) is 5.75 Å². The highest BCUT2D eigenvalue weighted by Gasteiger charge is 2.41. The van der Waals surface area contributed by atoms with E-state index in [1.807, 2.05) is 30.3 Å². The van der Waals surface area contributed by atoms with Gasteiger partial charge in [0, 0.05) is 39.0 Å². The predicted molar refractivity (Wildman–Crippen MR) is 116 cm³/mol. The highest BCUT2D eigenvalue weighted by Crippen LogP contribution is 2.36. The molecule has 1 unspecified atom stereocenters. The first-order chi connectivity index (χ1) is 14.5. The number of benzene rings is 2. The van der Waals surface area contributed by atoms with Crippen LogP contribution in [0.3, 0.4) is 0 Å². The van der Waals surface area contributed by atoms with E-state index >= 15 is 0 Å². The van der Waals surface area contributed by atoms with Crippen molar-refractivity contribution < 1.29 is 19.4 Å². The van der Waals surface area contributed by atoms with Crippen LogP contribution in [0.2, 0.25) is 0 Å². The third-order valence-electron chi connectivity index (χ3n) is 6.50. The fraction of sp³-hybridized carbons (Fsp3) is 0.458. The van der Waals surface area contributed by atoms with E-state index in [9.17, 15) is 9.90 Å². The van der Waals surface area contributed by atoms with Crippen LogP contribution in [0.25, 0.3) is 0 Å². The Morgan fingerprint density at radius 2 is 1.97 bits per heavy atom. The molecule has 6 nitrogen and oxygen atoms in total. The van der Waals surface area contributed by atoms with Gasteiger partial charge in [-0.05, 0) is 54.2 Å². The largest absolute Gasteiger partial charge is 0.497 e. The number of carbonyl (C=O) groups is 1. The number of hydrogen-bond acceptors (Lipinski definition) is 5. The van der Waals surface area contributed by atoms with Gasteiger partial charge in [0.1, 0.15) is 5.75 Å². The maximum atomic E-state index is 13.3. The van der Waals surface area contributed by atoms with E-state index in [2.05, 4.69) is 29.4 Å². The van der Waals surface area contributed by atoms with Crippen LogP contribution in [-0.4, -0.2) is 51.5 Å². The summed E-state index contributed by atoms with van der Waals surface area (Å²) in [4.78, 5) is 15.5. The van der Waals surface area contributed by atoms with Crippen LogP contribution in [0.4, 0.5) is 5.69 Å². The summed E-state index contributed by atoms with van der Waals surface area (Å²) in [5.41, 5.74) is 3.62. The van der Waals surface area contributed by atoms with Gasteiger partial charge in [0.05, 0.1) is 18.6 Å². The fourth-order valence-electron chi connectivity index (χ4n) is 4.55. The van der Waals surface area contributed by atoms with Crippen molar-refractivity contribution in [2.45, 2.75) is 30.8 Å². The molecule has 2 aromatic carbocycles. The Bertz CT molecular complexity index is 891. The second-order valence-corrected chi connectivity index (χ2v) is 8.21. The lowest BCUT2D eigenvalue weighted by Crippen LogP contribution is -2.48. The Hall–Kier alpha value is -2.57. The van der Waals surface area contributed by atoms with Crippen LogP contribution < -0.4 is 15.0 Å². The van der Waals surface area contributed by atoms with Crippen LogP contribution in [0.1, 0.15) is 35.6 Å². The van der Waals surface area contributed by atoms with Gasteiger partial charge in [0.2, 0.25) is 5.91 Å². The number of carbonyl (C=O) groups excluding carboxylic acids is 1. The first-order valence-electron chi connectivity index (χ1n) is 10.6. The number of aliphatic hydroxyl groups excluding tert-OH is 1. The zero-order valence-electron chi connectivity index (χ0n) is 17.7. The Labute approximate surface area is 177 Å². The Balaban J connectivity index is 1.47. The molecule has 2 aliphatic rings. The molecular weight excluding hydrogens is 380 g/mol. The van der Waals surface area contributed by atoms with Gasteiger partial charge in [-0.15, -0.1) is 0 Å². The van der Waals surface area contributed by atoms with E-state index in [0.29, 0.717) is 26.1 Å². The molecular formula is C24H30N2O4. The van der Waals surface area contributed by atoms with Gasteiger partial charge in [0.25, 0.3) is 0 Å². The molecule has 160 valence electrons. The minimum absolute atomic E-state index is 0.0593. The summed E-state index contributed by atoms with van der Waals surface area (Å²) in [6.45, 7) is 2.27. The minimum Gasteiger partial charge on any atom is -0.497 e. The molecule has 0 saturated carbocycles. The molecule has 2 aromatic rings. The molecule has 0 bridgehead atoms. The standard InChI is InChI=1S/C24H30N2O4/c1-26-12-9-17-15-18(3-8-21(17)26)22(27)16-25-23(28)24(10-13-30-14-11-24)19-4-6-20(29-2)7-5-19/h3-8,15,22,27H,9-14,16H2,1-2H3,(H,25,28). The van der Waals surface area contributed by atoms with Crippen molar-refractivity contribution in [2.24, 2.45) is 0 Å². The summed E-state index contributed by atoms with van der Waals surface area (Å²) in [6, 6.07) is 13.7. The number of rotatable bonds is 6. The van der Waals surface area contributed by atoms with Crippen molar-refractivity contribution in [3.63, 3.8) is 0 Å². The van der Waals surface area contributed by atoms with E-state index in [1.54, 1.807) is 7.11 Å². The molecule has 0 spiro atoms. The number of amides is 1. The van der Waals surface area contributed by atoms with Gasteiger partial charge in [-0.3, -0.25) is 4.79 Å². The van der Waals surface area contributed by atoms with E-state index < -0.39 is 11.5 Å². The molecule has 1 fully saturated rings. The monoisotopic (exact) mass is 410 g/mol. The molecule has 2 N–H and O–H groups in total. The van der Waals surface area contributed by atoms with Crippen LogP contribution in [-0.2, 0) is 21.4 Å². The maximum absolute atomic E-state index is 13.3. The maximum Gasteiger partial charge on any atom is 0.230 e. The SMILES string of the molecule is COc1ccc(C2(C(=O)NCC(O)c3ccc4c(c3)CCN4C)CCOCC2)cc1. The van der Waals surface area contributed by atoms with Crippen molar-refractivity contribution in [3.8, 4) is 5.75 Å². The summed E-state index contributed by atoms with van der Waals surface area (Å²) in [5, 5.41) is 13.7. The van der Waals surface area contributed by atoms with Crippen molar-refractivity contribution in [1.82, 2.24) is 5.32 Å². The summed E-state index contributed by atoms with van der Waals surface area (Å²) in [5.74, 6) is 0.704. The highest BCUT2D eigenvalue weighted by atomic mass is 16.5. The minimum atomic E-state index is -0.738. The molecule has 2 heterocycles. The summed E-state index contributed by atoms with van der Waals surface area (Å²) >= 11 is 0. The van der Waals surface area contributed by atoms with Crippen LogP contribution in [0.15, 0.2) is 42.5 Å². The van der Waals surface area contributed by atoms with Gasteiger partial charge in [-0.2, -0.15) is 0 Å². The van der Waals surface area contributed by atoms with Crippen molar-refractivity contribution in [2.75, 3.05) is 45.4 Å². The summed E-state index contributed by atoms with van der Waals surface area (Å²) < 4.78 is 10.8. The zero-order chi connectivity index (χ0) is 21.1. The number of methoxy groups -OCH3 is 1. The number of anilines is 1. The molecule has 2 aliphatic heterocycles. The van der Waals surface area contributed by atoms with Crippen molar-refractivity contribution in [1.29, 1.82) is 0 Å². The zero-order valence-corrected chi connectivity index (χ0v) is 17.7. The average Bonchev–Trinajstić information content (AvgIpc) is 3.17. The van der Waals surface area contributed by atoms with E-state index in [-0.39, 0.29) is 12.5 Å². The lowest BCUT2D eigenvalue weighted by molar-refractivity contribution is -0.131. The number of nitrogens with zero attached hydrogens (tertiary/aromatic N) is 1. The quantitative estimate of drug-likeness (QED) is 0.766. The van der Waals surface area contributed by atoms with Gasteiger partial charge >= 0.3 is 0 Å². The molecule has 6 heteroatoms. The van der Waals surface area contributed by atoms with E-state index in [4.69, 9.17) is 9.47 Å². The third kappa shape index (κ3) is 3.89. The number of likely N-dealkylation sites (N-methyl/N-ethyl adjacent to an activating group) is 1. The molecule has 1 saturated heterocycles. The summed E-state index contributed by atoms with van der Waals surface area (Å²) in [6.07, 6.45) is 1.48. The number of fused-ring (bicyclic) bond motifs is 1. The Morgan fingerprint density at radius 3 is 2.67 bits per heavy atom. The molecule has 1 atom stereocenters. The molecule has 0 aliphatic carbocycles. The van der Waals surface area contributed by atoms with Gasteiger partial charge in [-0.25, -0.2) is 0 Å². The topological polar surface area (TPSA) is 71.0 Å². The van der Waals surface area contributed by atoms with Crippen molar-refractivity contribution in [3.05, 3.63) is 59.2 Å². The molecule has 0 aromatic heterocycles. The van der Waals surface area contributed by atoms with Crippen LogP contribution >= 0.6 is 0 Å². The summed E-state index contributed by atoms with van der Waals surface area (Å²) in [7, 11) is 3.71. The lowest BCUT2D eigenvalue weighted by Gasteiger charge is -2.36. The average molecular weight is 411 g/mol. The Morgan fingerprint density at radius 1 is 1.23 bits per heavy atom. The molecule has 0 radical (unpaired) electrons. The number of nitrogens with one attached hydrogen (secondary N) is 1. The van der Waals surface area contributed by atoms with Crippen LogP contribution in [0, 0.1) is 0 Å². The smallest absolute Gasteiger partial charge is 0.230 e. The number of hydrogen-bond donors (Lipinski definition) is 2. The van der Waals surface area contributed by atoms with Gasteiger partial charge in [0.15, 0.2) is 0 Å². The number of aliphatic hydroxyl groups is 1. The van der Waals surface area contributed by atoms with Gasteiger partial charge in [-0.1, -0.05) is 24.3 Å². The predicted octanol–water partition coefficient (Wildman–Crippen LogP) is 2.59.